The first kappa shape index (κ1) is 21.1. The number of fused-ring (bicyclic) bond motifs is 1. The summed E-state index contributed by atoms with van der Waals surface area (Å²) in [6.07, 6.45) is 7.43. The maximum atomic E-state index is 13.6. The molecule has 2 aliphatic heterocycles. The molecule has 1 saturated carbocycles. The molecule has 9 heteroatoms. The fraction of sp³-hybridized carbons (Fsp3) is 0.609. The van der Waals surface area contributed by atoms with E-state index in [1.54, 1.807) is 22.2 Å². The van der Waals surface area contributed by atoms with E-state index >= 15 is 0 Å². The van der Waals surface area contributed by atoms with Crippen molar-refractivity contribution in [3.8, 4) is 0 Å². The quantitative estimate of drug-likeness (QED) is 0.646. The van der Waals surface area contributed by atoms with E-state index in [-0.39, 0.29) is 17.7 Å². The van der Waals surface area contributed by atoms with E-state index in [1.807, 2.05) is 23.9 Å². The maximum Gasteiger partial charge on any atom is 0.233 e. The number of likely N-dealkylation sites (N-methyl/N-ethyl adjacent to an activating group) is 1. The van der Waals surface area contributed by atoms with Gasteiger partial charge in [-0.25, -0.2) is 4.68 Å². The van der Waals surface area contributed by atoms with Gasteiger partial charge in [0.15, 0.2) is 0 Å². The zero-order chi connectivity index (χ0) is 22.1. The minimum atomic E-state index is -0.443. The van der Waals surface area contributed by atoms with E-state index in [0.29, 0.717) is 38.8 Å². The number of ether oxygens (including phenoxy) is 1. The molecule has 9 nitrogen and oxygen atoms in total. The summed E-state index contributed by atoms with van der Waals surface area (Å²) in [6.45, 7) is 3.27. The lowest BCUT2D eigenvalue weighted by Gasteiger charge is -2.35. The zero-order valence-electron chi connectivity index (χ0n) is 18.5. The lowest BCUT2D eigenvalue weighted by molar-refractivity contribution is -0.139. The van der Waals surface area contributed by atoms with Crippen molar-refractivity contribution in [1.29, 1.82) is 0 Å². The first-order valence-corrected chi connectivity index (χ1v) is 11.5. The van der Waals surface area contributed by atoms with Crippen LogP contribution < -0.4 is 0 Å². The standard InChI is InChI=1S/C23H30N6O3/c1-27(10-6-16-4-8-24-9-5-16)23(31)19-13-28(22(30)18-7-11-32-15-18)14-20-21(19)29(26-25-20)12-17-2-3-17/h4-5,8-9,17-19H,2-3,6-7,10-15H2,1H3. The number of aromatic nitrogens is 4. The normalized spacial score (nSPS) is 22.6. The van der Waals surface area contributed by atoms with Crippen LogP contribution in [0.4, 0.5) is 0 Å². The van der Waals surface area contributed by atoms with Crippen LogP contribution in [0.15, 0.2) is 24.5 Å². The smallest absolute Gasteiger partial charge is 0.233 e. The molecule has 2 amide bonds. The van der Waals surface area contributed by atoms with Gasteiger partial charge in [0, 0.05) is 45.7 Å². The molecule has 3 aliphatic rings. The molecular weight excluding hydrogens is 408 g/mol. The third-order valence-electron chi connectivity index (χ3n) is 6.80. The zero-order valence-corrected chi connectivity index (χ0v) is 18.5. The number of amides is 2. The molecule has 0 spiro atoms. The number of hydrogen-bond donors (Lipinski definition) is 0. The molecule has 0 bridgehead atoms. The third kappa shape index (κ3) is 4.39. The van der Waals surface area contributed by atoms with Gasteiger partial charge in [-0.15, -0.1) is 5.10 Å². The van der Waals surface area contributed by atoms with Crippen LogP contribution in [0.25, 0.3) is 0 Å². The molecule has 5 rings (SSSR count). The highest BCUT2D eigenvalue weighted by atomic mass is 16.5. The highest BCUT2D eigenvalue weighted by molar-refractivity contribution is 5.86. The van der Waals surface area contributed by atoms with Crippen LogP contribution in [0, 0.1) is 11.8 Å². The molecule has 4 heterocycles. The Hall–Kier alpha value is -2.81. The fourth-order valence-corrected chi connectivity index (χ4v) is 4.65. The average Bonchev–Trinajstić information content (AvgIpc) is 3.30. The van der Waals surface area contributed by atoms with Gasteiger partial charge in [0.1, 0.15) is 5.69 Å². The van der Waals surface area contributed by atoms with Gasteiger partial charge in [-0.05, 0) is 49.3 Å². The Balaban J connectivity index is 1.36. The van der Waals surface area contributed by atoms with Gasteiger partial charge in [0.05, 0.1) is 30.7 Å². The van der Waals surface area contributed by atoms with Crippen molar-refractivity contribution >= 4 is 11.8 Å². The molecular formula is C23H30N6O3. The van der Waals surface area contributed by atoms with E-state index in [9.17, 15) is 9.59 Å². The Morgan fingerprint density at radius 1 is 1.22 bits per heavy atom. The van der Waals surface area contributed by atoms with Crippen molar-refractivity contribution < 1.29 is 14.3 Å². The molecule has 2 fully saturated rings. The Labute approximate surface area is 187 Å². The van der Waals surface area contributed by atoms with E-state index in [1.165, 1.54) is 12.8 Å². The number of hydrogen-bond acceptors (Lipinski definition) is 6. The van der Waals surface area contributed by atoms with Crippen LogP contribution in [0.1, 0.15) is 42.1 Å². The number of nitrogens with zero attached hydrogens (tertiary/aromatic N) is 6. The monoisotopic (exact) mass is 438 g/mol. The van der Waals surface area contributed by atoms with Crippen molar-refractivity contribution in [3.63, 3.8) is 0 Å². The molecule has 2 atom stereocenters. The minimum Gasteiger partial charge on any atom is -0.381 e. The Kier molecular flexibility index (Phi) is 5.91. The summed E-state index contributed by atoms with van der Waals surface area (Å²) in [4.78, 5) is 34.3. The summed E-state index contributed by atoms with van der Waals surface area (Å²) < 4.78 is 7.34. The third-order valence-corrected chi connectivity index (χ3v) is 6.80. The second kappa shape index (κ2) is 8.97. The SMILES string of the molecule is CN(CCc1ccncc1)C(=O)C1CN(C(=O)C2CCOC2)Cc2nnn(CC3CC3)c21. The first-order valence-electron chi connectivity index (χ1n) is 11.5. The molecule has 0 N–H and O–H groups in total. The average molecular weight is 439 g/mol. The lowest BCUT2D eigenvalue weighted by Crippen LogP contribution is -2.47. The topological polar surface area (TPSA) is 93.5 Å². The van der Waals surface area contributed by atoms with Crippen LogP contribution in [-0.2, 0) is 33.8 Å². The lowest BCUT2D eigenvalue weighted by atomic mass is 9.94. The number of pyridine rings is 1. The van der Waals surface area contributed by atoms with Crippen LogP contribution >= 0.6 is 0 Å². The summed E-state index contributed by atoms with van der Waals surface area (Å²) in [5.74, 6) is 0.123. The summed E-state index contributed by atoms with van der Waals surface area (Å²) in [5, 5.41) is 8.77. The van der Waals surface area contributed by atoms with Crippen molar-refractivity contribution in [2.45, 2.75) is 44.7 Å². The van der Waals surface area contributed by atoms with Crippen molar-refractivity contribution in [2.75, 3.05) is 33.4 Å². The van der Waals surface area contributed by atoms with Crippen molar-refractivity contribution in [1.82, 2.24) is 29.8 Å². The molecule has 2 unspecified atom stereocenters. The first-order chi connectivity index (χ1) is 15.6. The molecule has 2 aromatic heterocycles. The Morgan fingerprint density at radius 2 is 2.03 bits per heavy atom. The summed E-state index contributed by atoms with van der Waals surface area (Å²) >= 11 is 0. The van der Waals surface area contributed by atoms with Gasteiger partial charge in [-0.1, -0.05) is 5.21 Å². The second-order valence-corrected chi connectivity index (χ2v) is 9.24. The number of rotatable bonds is 7. The number of carbonyl (C=O) groups is 2. The molecule has 0 aromatic carbocycles. The van der Waals surface area contributed by atoms with E-state index in [4.69, 9.17) is 4.74 Å². The predicted octanol–water partition coefficient (Wildman–Crippen LogP) is 1.25. The largest absolute Gasteiger partial charge is 0.381 e. The van der Waals surface area contributed by atoms with Crippen LogP contribution in [0.3, 0.4) is 0 Å². The highest BCUT2D eigenvalue weighted by Crippen LogP contribution is 2.35. The minimum absolute atomic E-state index is 0.0137. The van der Waals surface area contributed by atoms with Gasteiger partial charge in [-0.3, -0.25) is 14.6 Å². The van der Waals surface area contributed by atoms with E-state index in [2.05, 4.69) is 15.3 Å². The Bertz CT molecular complexity index is 967. The van der Waals surface area contributed by atoms with E-state index in [0.717, 1.165) is 36.3 Å². The van der Waals surface area contributed by atoms with Gasteiger partial charge in [-0.2, -0.15) is 0 Å². The summed E-state index contributed by atoms with van der Waals surface area (Å²) in [7, 11) is 1.84. The molecule has 1 saturated heterocycles. The Morgan fingerprint density at radius 3 is 2.75 bits per heavy atom. The molecule has 1 aliphatic carbocycles. The van der Waals surface area contributed by atoms with Crippen LogP contribution in [0.2, 0.25) is 0 Å². The van der Waals surface area contributed by atoms with Gasteiger partial charge in [0.25, 0.3) is 0 Å². The summed E-state index contributed by atoms with van der Waals surface area (Å²) in [6, 6.07) is 3.94. The molecule has 170 valence electrons. The van der Waals surface area contributed by atoms with Gasteiger partial charge in [0.2, 0.25) is 11.8 Å². The van der Waals surface area contributed by atoms with Crippen LogP contribution in [0.5, 0.6) is 0 Å². The molecule has 2 aromatic rings. The second-order valence-electron chi connectivity index (χ2n) is 9.24. The maximum absolute atomic E-state index is 13.6. The fourth-order valence-electron chi connectivity index (χ4n) is 4.65. The molecule has 0 radical (unpaired) electrons. The van der Waals surface area contributed by atoms with Crippen LogP contribution in [-0.4, -0.2) is 74.9 Å². The highest BCUT2D eigenvalue weighted by Gasteiger charge is 2.41. The summed E-state index contributed by atoms with van der Waals surface area (Å²) in [5.41, 5.74) is 2.79. The molecule has 32 heavy (non-hydrogen) atoms. The number of carbonyl (C=O) groups excluding carboxylic acids is 2. The van der Waals surface area contributed by atoms with Crippen molar-refractivity contribution in [3.05, 3.63) is 41.5 Å². The van der Waals surface area contributed by atoms with Crippen molar-refractivity contribution in [2.24, 2.45) is 11.8 Å². The van der Waals surface area contributed by atoms with Gasteiger partial charge < -0.3 is 14.5 Å². The van der Waals surface area contributed by atoms with Gasteiger partial charge >= 0.3 is 0 Å². The van der Waals surface area contributed by atoms with E-state index < -0.39 is 5.92 Å². The predicted molar refractivity (Wildman–Crippen MR) is 115 cm³/mol.